The third-order valence-electron chi connectivity index (χ3n) is 2.72. The Morgan fingerprint density at radius 1 is 1.18 bits per heavy atom. The van der Waals surface area contributed by atoms with E-state index in [1.165, 1.54) is 36.4 Å². The highest BCUT2D eigenvalue weighted by Crippen LogP contribution is 2.06. The van der Waals surface area contributed by atoms with Crippen molar-refractivity contribution in [3.63, 3.8) is 0 Å². The van der Waals surface area contributed by atoms with Crippen LogP contribution in [0.2, 0.25) is 5.02 Å². The van der Waals surface area contributed by atoms with Gasteiger partial charge in [0.05, 0.1) is 0 Å². The normalized spacial score (nSPS) is 10.7. The maximum atomic E-state index is 11.4. The quantitative estimate of drug-likeness (QED) is 0.764. The number of nitrogens with one attached hydrogen (secondary N) is 1. The zero-order valence-corrected chi connectivity index (χ0v) is 10.9. The molecule has 0 fully saturated rings. The molecule has 0 aromatic carbocycles. The van der Waals surface area contributed by atoms with Crippen molar-refractivity contribution in [3.05, 3.63) is 32.1 Å². The summed E-state index contributed by atoms with van der Waals surface area (Å²) in [5.74, 6) is 0. The number of hydrogen-bond acceptors (Lipinski definition) is 2. The van der Waals surface area contributed by atoms with Gasteiger partial charge in [0.1, 0.15) is 5.02 Å². The number of H-pyrrole nitrogens is 1. The third-order valence-corrected chi connectivity index (χ3v) is 2.99. The molecule has 1 rings (SSSR count). The molecule has 17 heavy (non-hydrogen) atoms. The lowest BCUT2D eigenvalue weighted by Crippen LogP contribution is -2.29. The molecule has 0 amide bonds. The van der Waals surface area contributed by atoms with Crippen molar-refractivity contribution in [2.75, 3.05) is 0 Å². The first kappa shape index (κ1) is 14.0. The van der Waals surface area contributed by atoms with E-state index in [4.69, 9.17) is 11.6 Å². The Morgan fingerprint density at radius 3 is 2.53 bits per heavy atom. The Morgan fingerprint density at radius 2 is 1.82 bits per heavy atom. The van der Waals surface area contributed by atoms with E-state index in [0.717, 1.165) is 12.8 Å². The van der Waals surface area contributed by atoms with E-state index in [-0.39, 0.29) is 10.7 Å². The summed E-state index contributed by atoms with van der Waals surface area (Å²) in [6.45, 7) is 2.79. The van der Waals surface area contributed by atoms with E-state index in [2.05, 4.69) is 11.9 Å². The molecule has 0 aliphatic rings. The summed E-state index contributed by atoms with van der Waals surface area (Å²) in [6, 6.07) is 0. The fourth-order valence-corrected chi connectivity index (χ4v) is 1.88. The van der Waals surface area contributed by atoms with E-state index >= 15 is 0 Å². The molecule has 1 aromatic rings. The molecule has 0 saturated carbocycles. The minimum atomic E-state index is -0.518. The van der Waals surface area contributed by atoms with Gasteiger partial charge in [-0.15, -0.1) is 0 Å². The van der Waals surface area contributed by atoms with Gasteiger partial charge in [-0.2, -0.15) is 0 Å². The van der Waals surface area contributed by atoms with E-state index < -0.39 is 5.56 Å². The molecule has 1 aromatic heterocycles. The average molecular weight is 259 g/mol. The van der Waals surface area contributed by atoms with Crippen LogP contribution < -0.4 is 11.2 Å². The van der Waals surface area contributed by atoms with Crippen LogP contribution in [-0.2, 0) is 6.54 Å². The van der Waals surface area contributed by atoms with Gasteiger partial charge in [0.15, 0.2) is 0 Å². The third kappa shape index (κ3) is 4.77. The standard InChI is InChI=1S/C12H19ClN2O2/c1-2-3-4-5-6-7-8-15-9-10(13)11(16)14-12(15)17/h9H,2-8H2,1H3,(H,14,16,17). The Hall–Kier alpha value is -1.03. The van der Waals surface area contributed by atoms with Crippen LogP contribution >= 0.6 is 11.6 Å². The molecular formula is C12H19ClN2O2. The SMILES string of the molecule is CCCCCCCCn1cc(Cl)c(=O)[nH]c1=O. The van der Waals surface area contributed by atoms with Crippen molar-refractivity contribution in [2.45, 2.75) is 52.0 Å². The molecule has 1 heterocycles. The lowest BCUT2D eigenvalue weighted by atomic mass is 10.1. The fourth-order valence-electron chi connectivity index (χ4n) is 1.71. The van der Waals surface area contributed by atoms with Gasteiger partial charge in [0.2, 0.25) is 0 Å². The maximum absolute atomic E-state index is 11.4. The average Bonchev–Trinajstić information content (AvgIpc) is 2.30. The summed E-state index contributed by atoms with van der Waals surface area (Å²) in [5.41, 5.74) is -0.899. The molecule has 0 bridgehead atoms. The maximum Gasteiger partial charge on any atom is 0.328 e. The lowest BCUT2D eigenvalue weighted by Gasteiger charge is -2.05. The largest absolute Gasteiger partial charge is 0.328 e. The number of unbranched alkanes of at least 4 members (excludes halogenated alkanes) is 5. The predicted molar refractivity (Wildman–Crippen MR) is 69.7 cm³/mol. The molecule has 5 heteroatoms. The van der Waals surface area contributed by atoms with Crippen LogP contribution in [0.25, 0.3) is 0 Å². The molecule has 0 atom stereocenters. The van der Waals surface area contributed by atoms with Crippen LogP contribution in [0.5, 0.6) is 0 Å². The number of aryl methyl sites for hydroxylation is 1. The van der Waals surface area contributed by atoms with Gasteiger partial charge in [-0.25, -0.2) is 4.79 Å². The molecule has 0 saturated heterocycles. The van der Waals surface area contributed by atoms with Crippen molar-refractivity contribution in [2.24, 2.45) is 0 Å². The molecule has 0 radical (unpaired) electrons. The smallest absolute Gasteiger partial charge is 0.299 e. The van der Waals surface area contributed by atoms with E-state index in [1.807, 2.05) is 0 Å². The highest BCUT2D eigenvalue weighted by molar-refractivity contribution is 6.30. The second kappa shape index (κ2) is 7.33. The molecule has 96 valence electrons. The molecule has 0 aliphatic carbocycles. The number of aromatic amines is 1. The van der Waals surface area contributed by atoms with Crippen LogP contribution in [0.1, 0.15) is 45.4 Å². The van der Waals surface area contributed by atoms with Crippen LogP contribution in [0, 0.1) is 0 Å². The van der Waals surface area contributed by atoms with Crippen LogP contribution in [0.4, 0.5) is 0 Å². The van der Waals surface area contributed by atoms with Gasteiger partial charge in [0.25, 0.3) is 5.56 Å². The Kier molecular flexibility index (Phi) is 6.05. The topological polar surface area (TPSA) is 54.9 Å². The van der Waals surface area contributed by atoms with Gasteiger partial charge in [-0.1, -0.05) is 50.6 Å². The fraction of sp³-hybridized carbons (Fsp3) is 0.667. The Labute approximate surface area is 106 Å². The second-order valence-electron chi connectivity index (χ2n) is 4.20. The monoisotopic (exact) mass is 258 g/mol. The summed E-state index contributed by atoms with van der Waals surface area (Å²) in [4.78, 5) is 24.6. The van der Waals surface area contributed by atoms with Crippen LogP contribution in [0.15, 0.2) is 15.8 Å². The van der Waals surface area contributed by atoms with Crippen LogP contribution in [-0.4, -0.2) is 9.55 Å². The van der Waals surface area contributed by atoms with Gasteiger partial charge in [-0.3, -0.25) is 14.3 Å². The van der Waals surface area contributed by atoms with Crippen molar-refractivity contribution < 1.29 is 0 Å². The first-order chi connectivity index (χ1) is 8.15. The molecule has 1 N–H and O–H groups in total. The highest BCUT2D eigenvalue weighted by Gasteiger charge is 2.01. The Bertz CT molecular complexity index is 451. The lowest BCUT2D eigenvalue weighted by molar-refractivity contribution is 0.542. The predicted octanol–water partition coefficient (Wildman–Crippen LogP) is 2.55. The summed E-state index contributed by atoms with van der Waals surface area (Å²) >= 11 is 5.66. The van der Waals surface area contributed by atoms with Crippen molar-refractivity contribution in [1.82, 2.24) is 9.55 Å². The number of rotatable bonds is 7. The van der Waals surface area contributed by atoms with E-state index in [1.54, 1.807) is 0 Å². The molecule has 0 spiro atoms. The van der Waals surface area contributed by atoms with E-state index in [0.29, 0.717) is 6.54 Å². The van der Waals surface area contributed by atoms with Gasteiger partial charge < -0.3 is 0 Å². The van der Waals surface area contributed by atoms with Crippen molar-refractivity contribution in [1.29, 1.82) is 0 Å². The first-order valence-corrected chi connectivity index (χ1v) is 6.52. The van der Waals surface area contributed by atoms with Gasteiger partial charge in [-0.05, 0) is 6.42 Å². The number of halogens is 1. The number of nitrogens with zero attached hydrogens (tertiary/aromatic N) is 1. The van der Waals surface area contributed by atoms with Crippen molar-refractivity contribution >= 4 is 11.6 Å². The Balaban J connectivity index is 2.39. The summed E-state index contributed by atoms with van der Waals surface area (Å²) in [7, 11) is 0. The number of hydrogen-bond donors (Lipinski definition) is 1. The second-order valence-corrected chi connectivity index (χ2v) is 4.60. The molecule has 0 aliphatic heterocycles. The molecular weight excluding hydrogens is 240 g/mol. The summed E-state index contributed by atoms with van der Waals surface area (Å²) in [5, 5.41) is 0.0654. The van der Waals surface area contributed by atoms with E-state index in [9.17, 15) is 9.59 Å². The zero-order valence-electron chi connectivity index (χ0n) is 10.2. The highest BCUT2D eigenvalue weighted by atomic mass is 35.5. The first-order valence-electron chi connectivity index (χ1n) is 6.14. The van der Waals surface area contributed by atoms with Gasteiger partial charge >= 0.3 is 5.69 Å². The molecule has 4 nitrogen and oxygen atoms in total. The van der Waals surface area contributed by atoms with Crippen LogP contribution in [0.3, 0.4) is 0 Å². The minimum Gasteiger partial charge on any atom is -0.299 e. The summed E-state index contributed by atoms with van der Waals surface area (Å²) < 4.78 is 1.46. The number of aromatic nitrogens is 2. The summed E-state index contributed by atoms with van der Waals surface area (Å²) in [6.07, 6.45) is 8.39. The van der Waals surface area contributed by atoms with Gasteiger partial charge in [0, 0.05) is 12.7 Å². The van der Waals surface area contributed by atoms with Crippen molar-refractivity contribution in [3.8, 4) is 0 Å². The molecule has 0 unspecified atom stereocenters. The zero-order chi connectivity index (χ0) is 12.7. The minimum absolute atomic E-state index is 0.0654.